The van der Waals surface area contributed by atoms with Crippen molar-refractivity contribution in [3.8, 4) is 11.3 Å². The van der Waals surface area contributed by atoms with Crippen LogP contribution in [0.25, 0.3) is 11.3 Å². The van der Waals surface area contributed by atoms with Gasteiger partial charge in [-0.3, -0.25) is 9.59 Å². The van der Waals surface area contributed by atoms with Crippen LogP contribution in [-0.2, 0) is 16.0 Å². The van der Waals surface area contributed by atoms with E-state index in [-0.39, 0.29) is 52.9 Å². The van der Waals surface area contributed by atoms with Gasteiger partial charge in [0.25, 0.3) is 0 Å². The second kappa shape index (κ2) is 20.2. The molecule has 5 heterocycles. The van der Waals surface area contributed by atoms with E-state index < -0.39 is 11.6 Å². The normalized spacial score (nSPS) is 14.2. The molecule has 0 radical (unpaired) electrons. The lowest BCUT2D eigenvalue weighted by Crippen LogP contribution is -2.47. The van der Waals surface area contributed by atoms with E-state index in [9.17, 15) is 9.59 Å². The van der Waals surface area contributed by atoms with E-state index in [1.165, 1.54) is 37.8 Å². The molecule has 0 saturated carbocycles. The lowest BCUT2D eigenvalue weighted by molar-refractivity contribution is -0.116. The Morgan fingerprint density at radius 2 is 1.25 bits per heavy atom. The van der Waals surface area contributed by atoms with Gasteiger partial charge in [0.2, 0.25) is 35.6 Å². The van der Waals surface area contributed by atoms with Crippen LogP contribution in [0.5, 0.6) is 0 Å². The van der Waals surface area contributed by atoms with Crippen molar-refractivity contribution in [3.05, 3.63) is 131 Å². The lowest BCUT2D eigenvalue weighted by Gasteiger charge is -2.36. The van der Waals surface area contributed by atoms with Crippen molar-refractivity contribution in [3.63, 3.8) is 0 Å². The quantitative estimate of drug-likeness (QED) is 0.0815. The molecule has 7 aromatic rings. The van der Waals surface area contributed by atoms with Crippen LogP contribution >= 0.6 is 11.3 Å². The molecule has 2 fully saturated rings. The van der Waals surface area contributed by atoms with Gasteiger partial charge in [-0.15, -0.1) is 11.3 Å². The highest BCUT2D eigenvalue weighted by Gasteiger charge is 2.26. The molecule has 3 aromatic heterocycles. The zero-order valence-corrected chi connectivity index (χ0v) is 37.7. The number of aryl methyl sites for hydroxylation is 2. The Balaban J connectivity index is 0.758. The van der Waals surface area contributed by atoms with Gasteiger partial charge in [-0.05, 0) is 73.7 Å². The van der Waals surface area contributed by atoms with E-state index in [0.717, 1.165) is 59.0 Å². The van der Waals surface area contributed by atoms with Crippen molar-refractivity contribution >= 4 is 75.4 Å². The molecule has 4 aromatic carbocycles. The first-order chi connectivity index (χ1) is 32.6. The summed E-state index contributed by atoms with van der Waals surface area (Å²) < 4.78 is 30.9. The van der Waals surface area contributed by atoms with E-state index in [2.05, 4.69) is 90.6 Å². The summed E-state index contributed by atoms with van der Waals surface area (Å²) in [5.41, 5.74) is 5.57. The number of amides is 2. The van der Waals surface area contributed by atoms with Crippen molar-refractivity contribution in [2.45, 2.75) is 45.4 Å². The summed E-state index contributed by atoms with van der Waals surface area (Å²) in [5.74, 6) is -0.249. The van der Waals surface area contributed by atoms with Crippen molar-refractivity contribution < 1.29 is 18.4 Å². The van der Waals surface area contributed by atoms with Gasteiger partial charge < -0.3 is 36.0 Å². The molecule has 0 aliphatic carbocycles. The molecule has 9 rings (SSSR count). The summed E-state index contributed by atoms with van der Waals surface area (Å²) in [6, 6.07) is 25.8. The molecule has 342 valence electrons. The maximum absolute atomic E-state index is 15.9. The first kappa shape index (κ1) is 44.5. The van der Waals surface area contributed by atoms with Gasteiger partial charge >= 0.3 is 0 Å². The fraction of sp³-hybridized carbons (Fsp3) is 0.271. The molecule has 16 nitrogen and oxygen atoms in total. The SMILES string of the molecule is CC(=O)Nc1cccc(Nc2ncnc(N3CCN(c4ccc(C)c(CCC(=O)Nc5cccc(Nc6ncnc(N7CCC(c8nc(-c9ccccc9)cs8)CC7)n6)c5F)c4)CC3)n2)c1F. The van der Waals surface area contributed by atoms with Gasteiger partial charge in [-0.25, -0.2) is 33.7 Å². The van der Waals surface area contributed by atoms with Crippen LogP contribution in [0, 0.1) is 18.6 Å². The smallest absolute Gasteiger partial charge is 0.232 e. The first-order valence-electron chi connectivity index (χ1n) is 22.1. The summed E-state index contributed by atoms with van der Waals surface area (Å²) in [5, 5.41) is 14.4. The summed E-state index contributed by atoms with van der Waals surface area (Å²) in [6.45, 7) is 7.44. The minimum Gasteiger partial charge on any atom is -0.368 e. The fourth-order valence-electron chi connectivity index (χ4n) is 8.17. The van der Waals surface area contributed by atoms with Crippen LogP contribution in [0.1, 0.15) is 48.2 Å². The highest BCUT2D eigenvalue weighted by atomic mass is 32.1. The van der Waals surface area contributed by atoms with Gasteiger partial charge in [0, 0.05) is 75.2 Å². The molecule has 67 heavy (non-hydrogen) atoms. The number of rotatable bonds is 14. The van der Waals surface area contributed by atoms with Crippen molar-refractivity contribution in [1.29, 1.82) is 0 Å². The van der Waals surface area contributed by atoms with E-state index >= 15 is 8.78 Å². The van der Waals surface area contributed by atoms with Crippen LogP contribution < -0.4 is 36.0 Å². The second-order valence-electron chi connectivity index (χ2n) is 16.3. The molecule has 2 aliphatic rings. The zero-order valence-electron chi connectivity index (χ0n) is 36.9. The monoisotopic (exact) mass is 922 g/mol. The van der Waals surface area contributed by atoms with Gasteiger partial charge in [0.1, 0.15) is 12.7 Å². The van der Waals surface area contributed by atoms with Crippen molar-refractivity contribution in [2.24, 2.45) is 0 Å². The van der Waals surface area contributed by atoms with E-state index in [0.29, 0.717) is 50.4 Å². The molecule has 2 aliphatic heterocycles. The molecular weight excluding hydrogens is 875 g/mol. The molecule has 19 heteroatoms. The number of nitrogens with zero attached hydrogens (tertiary/aromatic N) is 10. The van der Waals surface area contributed by atoms with Gasteiger partial charge in [0.05, 0.1) is 33.5 Å². The molecule has 2 amide bonds. The molecule has 0 bridgehead atoms. The van der Waals surface area contributed by atoms with Crippen LogP contribution in [-0.4, -0.2) is 86.0 Å². The average Bonchev–Trinajstić information content (AvgIpc) is 3.85. The Labute approximate surface area is 390 Å². The second-order valence-corrected chi connectivity index (χ2v) is 17.2. The van der Waals surface area contributed by atoms with Crippen LogP contribution in [0.4, 0.5) is 61.0 Å². The number of benzene rings is 4. The number of carbonyl (C=O) groups is 2. The molecule has 4 N–H and O–H groups in total. The number of piperidine rings is 1. The first-order valence-corrected chi connectivity index (χ1v) is 22.9. The predicted octanol–water partition coefficient (Wildman–Crippen LogP) is 8.49. The number of hydrogen-bond donors (Lipinski definition) is 4. The fourth-order valence-corrected chi connectivity index (χ4v) is 9.17. The summed E-state index contributed by atoms with van der Waals surface area (Å²) >= 11 is 1.70. The number of anilines is 9. The number of aromatic nitrogens is 7. The number of nitrogens with one attached hydrogen (secondary N) is 4. The number of carbonyl (C=O) groups excluding carboxylic acids is 2. The van der Waals surface area contributed by atoms with Crippen LogP contribution in [0.3, 0.4) is 0 Å². The largest absolute Gasteiger partial charge is 0.368 e. The number of halogens is 2. The Hall–Kier alpha value is -7.67. The predicted molar refractivity (Wildman–Crippen MR) is 258 cm³/mol. The minimum absolute atomic E-state index is 0.0524. The Bertz CT molecular complexity index is 2870. The van der Waals surface area contributed by atoms with Gasteiger partial charge in [0.15, 0.2) is 11.6 Å². The standard InChI is InChI=1S/C48H48F2N14O2S/c1-30-14-16-35(62-22-24-64(25-23-62)48-54-29-52-46(61-48)58-38-12-6-10-36(42(38)49)55-31(2)65)26-34(30)15-17-41(66)56-37-11-7-13-39(43(37)50)59-45-51-28-53-47(60-45)63-20-18-33(19-21-63)44-57-40(27-67-44)32-8-4-3-5-9-32/h3-14,16,26-29,33H,15,17-25H2,1-2H3,(H,55,65)(H,56,66)(H,51,53,59,60)(H,52,54,58,61). The molecule has 0 atom stereocenters. The highest BCUT2D eigenvalue weighted by molar-refractivity contribution is 7.10. The number of hydrogen-bond acceptors (Lipinski definition) is 15. The minimum atomic E-state index is -0.626. The van der Waals surface area contributed by atoms with E-state index in [4.69, 9.17) is 4.98 Å². The Morgan fingerprint density at radius 1 is 0.672 bits per heavy atom. The topological polar surface area (TPSA) is 182 Å². The third-order valence-electron chi connectivity index (χ3n) is 11.8. The summed E-state index contributed by atoms with van der Waals surface area (Å²) in [6.07, 6.45) is 5.22. The van der Waals surface area contributed by atoms with Crippen molar-refractivity contribution in [1.82, 2.24) is 34.9 Å². The molecular formula is C48H48F2N14O2S. The maximum Gasteiger partial charge on any atom is 0.232 e. The maximum atomic E-state index is 15.9. The summed E-state index contributed by atoms with van der Waals surface area (Å²) in [4.78, 5) is 62.4. The number of piperazine rings is 1. The summed E-state index contributed by atoms with van der Waals surface area (Å²) in [7, 11) is 0. The van der Waals surface area contributed by atoms with Gasteiger partial charge in [-0.1, -0.05) is 48.5 Å². The van der Waals surface area contributed by atoms with E-state index in [1.807, 2.05) is 36.1 Å². The molecule has 2 saturated heterocycles. The van der Waals surface area contributed by atoms with Crippen LogP contribution in [0.2, 0.25) is 0 Å². The third kappa shape index (κ3) is 10.7. The van der Waals surface area contributed by atoms with Crippen molar-refractivity contribution in [2.75, 3.05) is 75.2 Å². The third-order valence-corrected chi connectivity index (χ3v) is 12.8. The van der Waals surface area contributed by atoms with Gasteiger partial charge in [-0.2, -0.15) is 9.97 Å². The highest BCUT2D eigenvalue weighted by Crippen LogP contribution is 2.34. The Kier molecular flexibility index (Phi) is 13.5. The number of thiazole rings is 1. The molecule has 0 unspecified atom stereocenters. The van der Waals surface area contributed by atoms with E-state index in [1.54, 1.807) is 29.5 Å². The average molecular weight is 923 g/mol. The lowest BCUT2D eigenvalue weighted by atomic mass is 9.98. The zero-order chi connectivity index (χ0) is 46.3. The molecule has 0 spiro atoms. The Morgan fingerprint density at radius 3 is 1.88 bits per heavy atom. The van der Waals surface area contributed by atoms with Crippen LogP contribution in [0.15, 0.2) is 103 Å².